The third kappa shape index (κ3) is 4.78. The van der Waals surface area contributed by atoms with Gasteiger partial charge in [-0.1, -0.05) is 6.08 Å². The van der Waals surface area contributed by atoms with E-state index in [9.17, 15) is 4.79 Å². The molecule has 5 heteroatoms. The van der Waals surface area contributed by atoms with E-state index in [-0.39, 0.29) is 5.97 Å². The minimum absolute atomic E-state index is 0.309. The van der Waals surface area contributed by atoms with Gasteiger partial charge in [0.05, 0.1) is 12.2 Å². The molecule has 1 spiro atoms. The van der Waals surface area contributed by atoms with Crippen molar-refractivity contribution in [3.63, 3.8) is 0 Å². The van der Waals surface area contributed by atoms with Crippen LogP contribution in [0, 0.1) is 12.3 Å². The summed E-state index contributed by atoms with van der Waals surface area (Å²) >= 11 is 1.74. The van der Waals surface area contributed by atoms with E-state index in [1.807, 2.05) is 52.2 Å². The topological polar surface area (TPSA) is 48.4 Å². The van der Waals surface area contributed by atoms with Crippen LogP contribution in [0.3, 0.4) is 0 Å². The molecular weight excluding hydrogens is 406 g/mol. The Morgan fingerprint density at radius 2 is 1.94 bits per heavy atom. The van der Waals surface area contributed by atoms with Gasteiger partial charge in [-0.15, -0.1) is 11.3 Å². The second-order valence-corrected chi connectivity index (χ2v) is 11.0. The number of pyridine rings is 1. The van der Waals surface area contributed by atoms with E-state index in [4.69, 9.17) is 9.47 Å². The van der Waals surface area contributed by atoms with Crippen molar-refractivity contribution in [3.05, 3.63) is 46.6 Å². The molecule has 1 fully saturated rings. The normalized spacial score (nSPS) is 18.5. The van der Waals surface area contributed by atoms with Gasteiger partial charge in [-0.25, -0.2) is 4.79 Å². The predicted molar refractivity (Wildman–Crippen MR) is 126 cm³/mol. The van der Waals surface area contributed by atoms with Crippen molar-refractivity contribution in [1.29, 1.82) is 0 Å². The maximum Gasteiger partial charge on any atom is 0.340 e. The number of esters is 1. The predicted octanol–water partition coefficient (Wildman–Crippen LogP) is 6.89. The van der Waals surface area contributed by atoms with Gasteiger partial charge in [-0.2, -0.15) is 0 Å². The fourth-order valence-electron chi connectivity index (χ4n) is 4.50. The van der Waals surface area contributed by atoms with E-state index in [2.05, 4.69) is 18.0 Å². The molecule has 2 aromatic heterocycles. The van der Waals surface area contributed by atoms with Gasteiger partial charge >= 0.3 is 5.97 Å². The molecule has 4 rings (SSSR count). The molecule has 1 saturated carbocycles. The molecule has 0 bridgehead atoms. The minimum atomic E-state index is -0.737. The van der Waals surface area contributed by atoms with Gasteiger partial charge in [-0.05, 0) is 95.4 Å². The Morgan fingerprint density at radius 1 is 1.23 bits per heavy atom. The second-order valence-electron chi connectivity index (χ2n) is 9.81. The summed E-state index contributed by atoms with van der Waals surface area (Å²) in [5.74, 6) is -0.309. The summed E-state index contributed by atoms with van der Waals surface area (Å²) in [4.78, 5) is 19.6. The molecule has 4 nitrogen and oxygen atoms in total. The van der Waals surface area contributed by atoms with Crippen LogP contribution in [-0.4, -0.2) is 23.2 Å². The fraction of sp³-hybridized carbons (Fsp3) is 0.538. The lowest BCUT2D eigenvalue weighted by molar-refractivity contribution is -0.166. The summed E-state index contributed by atoms with van der Waals surface area (Å²) < 4.78 is 11.8. The van der Waals surface area contributed by atoms with Crippen molar-refractivity contribution < 1.29 is 14.3 Å². The van der Waals surface area contributed by atoms with Crippen molar-refractivity contribution in [2.75, 3.05) is 6.61 Å². The standard InChI is InChI=1S/C26H33NO3S/c1-6-29-24(28)22(30-25(3,4)5)20-17(2)31-23(19-9-15-27-16-10-19)21(20)18-7-11-26(12-8-18)13-14-26/h7,9-10,15-16,22H,6,8,11-14H2,1-5H3. The van der Waals surface area contributed by atoms with Crippen molar-refractivity contribution >= 4 is 22.9 Å². The van der Waals surface area contributed by atoms with Crippen molar-refractivity contribution in [2.45, 2.75) is 78.4 Å². The Kier molecular flexibility index (Phi) is 6.10. The van der Waals surface area contributed by atoms with Gasteiger partial charge in [0.2, 0.25) is 0 Å². The van der Waals surface area contributed by atoms with E-state index >= 15 is 0 Å². The fourth-order valence-corrected chi connectivity index (χ4v) is 5.72. The smallest absolute Gasteiger partial charge is 0.340 e. The maximum atomic E-state index is 13.1. The van der Waals surface area contributed by atoms with Gasteiger partial charge in [0.15, 0.2) is 6.10 Å². The quantitative estimate of drug-likeness (QED) is 0.460. The van der Waals surface area contributed by atoms with Gasteiger partial charge in [-0.3, -0.25) is 4.98 Å². The van der Waals surface area contributed by atoms with Gasteiger partial charge in [0.25, 0.3) is 0 Å². The highest BCUT2D eigenvalue weighted by molar-refractivity contribution is 7.16. The van der Waals surface area contributed by atoms with Crippen LogP contribution in [0.15, 0.2) is 30.6 Å². The summed E-state index contributed by atoms with van der Waals surface area (Å²) in [6.07, 6.45) is 11.5. The number of ether oxygens (including phenoxy) is 2. The number of carbonyl (C=O) groups is 1. The zero-order valence-electron chi connectivity index (χ0n) is 19.3. The second kappa shape index (κ2) is 8.51. The van der Waals surface area contributed by atoms with E-state index in [0.717, 1.165) is 28.8 Å². The number of carbonyl (C=O) groups excluding carboxylic acids is 1. The Bertz CT molecular complexity index is 980. The molecule has 0 radical (unpaired) electrons. The average Bonchev–Trinajstić information content (AvgIpc) is 3.39. The molecule has 1 atom stereocenters. The molecule has 166 valence electrons. The summed E-state index contributed by atoms with van der Waals surface area (Å²) in [7, 11) is 0. The number of aromatic nitrogens is 1. The lowest BCUT2D eigenvalue weighted by Gasteiger charge is -2.29. The monoisotopic (exact) mass is 439 g/mol. The highest BCUT2D eigenvalue weighted by Gasteiger charge is 2.44. The third-order valence-corrected chi connectivity index (χ3v) is 7.46. The highest BCUT2D eigenvalue weighted by atomic mass is 32.1. The number of hydrogen-bond acceptors (Lipinski definition) is 5. The number of hydrogen-bond donors (Lipinski definition) is 0. The average molecular weight is 440 g/mol. The van der Waals surface area contributed by atoms with Crippen molar-refractivity contribution in [2.24, 2.45) is 5.41 Å². The highest BCUT2D eigenvalue weighted by Crippen LogP contribution is 2.58. The lowest BCUT2D eigenvalue weighted by Crippen LogP contribution is -2.29. The van der Waals surface area contributed by atoms with Crippen LogP contribution < -0.4 is 0 Å². The summed E-state index contributed by atoms with van der Waals surface area (Å²) in [6, 6.07) is 4.10. The Labute approximate surface area is 189 Å². The summed E-state index contributed by atoms with van der Waals surface area (Å²) in [6.45, 7) is 10.2. The van der Waals surface area contributed by atoms with Gasteiger partial charge in [0.1, 0.15) is 0 Å². The van der Waals surface area contributed by atoms with E-state index in [1.54, 1.807) is 11.3 Å². The zero-order valence-corrected chi connectivity index (χ0v) is 20.1. The molecule has 2 aromatic rings. The van der Waals surface area contributed by atoms with Crippen LogP contribution in [-0.2, 0) is 14.3 Å². The largest absolute Gasteiger partial charge is 0.464 e. The molecule has 2 aliphatic rings. The van der Waals surface area contributed by atoms with Crippen LogP contribution in [0.2, 0.25) is 0 Å². The number of allylic oxidation sites excluding steroid dienone is 2. The first-order valence-corrected chi connectivity index (χ1v) is 12.1. The van der Waals surface area contributed by atoms with E-state index in [1.165, 1.54) is 35.3 Å². The number of aryl methyl sites for hydroxylation is 1. The van der Waals surface area contributed by atoms with Gasteiger partial charge < -0.3 is 9.47 Å². The minimum Gasteiger partial charge on any atom is -0.464 e. The van der Waals surface area contributed by atoms with Crippen LogP contribution in [0.4, 0.5) is 0 Å². The first kappa shape index (κ1) is 22.2. The molecule has 1 unspecified atom stereocenters. The molecule has 0 amide bonds. The summed E-state index contributed by atoms with van der Waals surface area (Å²) in [5, 5.41) is 0. The van der Waals surface area contributed by atoms with Crippen molar-refractivity contribution in [1.82, 2.24) is 4.98 Å². The van der Waals surface area contributed by atoms with Crippen LogP contribution in [0.5, 0.6) is 0 Å². The molecule has 2 aliphatic carbocycles. The lowest BCUT2D eigenvalue weighted by atomic mass is 9.82. The molecule has 2 heterocycles. The first-order chi connectivity index (χ1) is 14.7. The summed E-state index contributed by atoms with van der Waals surface area (Å²) in [5.41, 5.74) is 4.70. The van der Waals surface area contributed by atoms with E-state index in [0.29, 0.717) is 12.0 Å². The zero-order chi connectivity index (χ0) is 22.2. The molecule has 0 N–H and O–H groups in total. The molecule has 0 saturated heterocycles. The number of nitrogens with zero attached hydrogens (tertiary/aromatic N) is 1. The molecule has 0 aliphatic heterocycles. The molecule has 31 heavy (non-hydrogen) atoms. The number of thiophene rings is 1. The molecular formula is C26H33NO3S. The van der Waals surface area contributed by atoms with E-state index < -0.39 is 11.7 Å². The van der Waals surface area contributed by atoms with Crippen LogP contribution in [0.25, 0.3) is 16.0 Å². The first-order valence-electron chi connectivity index (χ1n) is 11.3. The SMILES string of the molecule is CCOC(=O)C(OC(C)(C)C)c1c(C)sc(-c2ccncc2)c1C1=CCC2(CC1)CC2. The maximum absolute atomic E-state index is 13.1. The van der Waals surface area contributed by atoms with Crippen molar-refractivity contribution in [3.8, 4) is 10.4 Å². The number of rotatable bonds is 6. The third-order valence-electron chi connectivity index (χ3n) is 6.29. The van der Waals surface area contributed by atoms with Gasteiger partial charge in [0, 0.05) is 33.3 Å². The molecule has 0 aromatic carbocycles. The van der Waals surface area contributed by atoms with Crippen LogP contribution in [0.1, 0.15) is 81.9 Å². The Balaban J connectivity index is 1.87. The Morgan fingerprint density at radius 3 is 2.48 bits per heavy atom. The van der Waals surface area contributed by atoms with Crippen LogP contribution >= 0.6 is 11.3 Å². The Hall–Kier alpha value is -1.98.